The SMILES string of the molecule is COc1ccccc1-c1c[nH]c2nc(NC(=O)[C@@H]3C[C@@H]3CCO)ccc12. The second kappa shape index (κ2) is 6.80. The van der Waals surface area contributed by atoms with Crippen molar-refractivity contribution in [2.24, 2.45) is 11.8 Å². The van der Waals surface area contributed by atoms with Crippen LogP contribution in [0.25, 0.3) is 22.2 Å². The van der Waals surface area contributed by atoms with Crippen LogP contribution in [-0.4, -0.2) is 34.7 Å². The van der Waals surface area contributed by atoms with Crippen molar-refractivity contribution in [1.82, 2.24) is 9.97 Å². The molecule has 2 heterocycles. The molecular weight excluding hydrogens is 330 g/mol. The number of aromatic nitrogens is 2. The van der Waals surface area contributed by atoms with E-state index < -0.39 is 0 Å². The van der Waals surface area contributed by atoms with Crippen molar-refractivity contribution in [1.29, 1.82) is 0 Å². The van der Waals surface area contributed by atoms with E-state index in [1.807, 2.05) is 42.6 Å². The Morgan fingerprint density at radius 1 is 1.31 bits per heavy atom. The van der Waals surface area contributed by atoms with Crippen molar-refractivity contribution in [3.63, 3.8) is 0 Å². The number of anilines is 1. The topological polar surface area (TPSA) is 87.2 Å². The first kappa shape index (κ1) is 16.6. The number of pyridine rings is 1. The molecule has 3 aromatic rings. The molecule has 1 aliphatic rings. The zero-order chi connectivity index (χ0) is 18.1. The number of para-hydroxylation sites is 1. The van der Waals surface area contributed by atoms with Crippen LogP contribution in [0, 0.1) is 11.8 Å². The molecule has 0 radical (unpaired) electrons. The molecule has 4 rings (SSSR count). The minimum atomic E-state index is -0.0215. The maximum atomic E-state index is 12.2. The summed E-state index contributed by atoms with van der Waals surface area (Å²) < 4.78 is 5.45. The molecular formula is C20H21N3O3. The highest BCUT2D eigenvalue weighted by Gasteiger charge is 2.42. The van der Waals surface area contributed by atoms with E-state index in [0.717, 1.165) is 28.7 Å². The molecule has 1 amide bonds. The number of fused-ring (bicyclic) bond motifs is 1. The van der Waals surface area contributed by atoms with E-state index in [4.69, 9.17) is 9.84 Å². The van der Waals surface area contributed by atoms with Crippen molar-refractivity contribution < 1.29 is 14.6 Å². The van der Waals surface area contributed by atoms with Gasteiger partial charge in [0.15, 0.2) is 0 Å². The first-order valence-electron chi connectivity index (χ1n) is 8.74. The minimum Gasteiger partial charge on any atom is -0.496 e. The van der Waals surface area contributed by atoms with Gasteiger partial charge in [0, 0.05) is 35.2 Å². The molecule has 2 atom stereocenters. The van der Waals surface area contributed by atoms with Crippen LogP contribution in [0.5, 0.6) is 5.75 Å². The lowest BCUT2D eigenvalue weighted by atomic mass is 10.0. The van der Waals surface area contributed by atoms with E-state index in [-0.39, 0.29) is 18.4 Å². The number of H-pyrrole nitrogens is 1. The first-order valence-corrected chi connectivity index (χ1v) is 8.74. The number of aliphatic hydroxyl groups is 1. The quantitative estimate of drug-likeness (QED) is 0.636. The maximum Gasteiger partial charge on any atom is 0.228 e. The summed E-state index contributed by atoms with van der Waals surface area (Å²) in [5.41, 5.74) is 2.71. The van der Waals surface area contributed by atoms with Gasteiger partial charge in [-0.25, -0.2) is 4.98 Å². The largest absolute Gasteiger partial charge is 0.496 e. The van der Waals surface area contributed by atoms with Gasteiger partial charge in [0.1, 0.15) is 17.2 Å². The average molecular weight is 351 g/mol. The predicted molar refractivity (Wildman–Crippen MR) is 100 cm³/mol. The molecule has 3 N–H and O–H groups in total. The Bertz CT molecular complexity index is 950. The van der Waals surface area contributed by atoms with E-state index >= 15 is 0 Å². The Morgan fingerprint density at radius 2 is 2.15 bits per heavy atom. The lowest BCUT2D eigenvalue weighted by Crippen LogP contribution is -2.15. The molecule has 1 fully saturated rings. The molecule has 6 nitrogen and oxygen atoms in total. The van der Waals surface area contributed by atoms with Crippen molar-refractivity contribution in [2.45, 2.75) is 12.8 Å². The third-order valence-electron chi connectivity index (χ3n) is 4.95. The highest BCUT2D eigenvalue weighted by molar-refractivity contribution is 5.98. The normalized spacial score (nSPS) is 18.7. The first-order chi connectivity index (χ1) is 12.7. The van der Waals surface area contributed by atoms with E-state index in [2.05, 4.69) is 15.3 Å². The van der Waals surface area contributed by atoms with Crippen LogP contribution in [0.2, 0.25) is 0 Å². The highest BCUT2D eigenvalue weighted by atomic mass is 16.5. The summed E-state index contributed by atoms with van der Waals surface area (Å²) in [6.45, 7) is 0.132. The molecule has 0 spiro atoms. The van der Waals surface area contributed by atoms with Crippen molar-refractivity contribution in [3.8, 4) is 16.9 Å². The summed E-state index contributed by atoms with van der Waals surface area (Å²) in [5, 5.41) is 12.8. The number of rotatable bonds is 6. The lowest BCUT2D eigenvalue weighted by Gasteiger charge is -2.07. The van der Waals surface area contributed by atoms with Crippen LogP contribution >= 0.6 is 0 Å². The number of hydrogen-bond donors (Lipinski definition) is 3. The number of nitrogens with one attached hydrogen (secondary N) is 2. The number of amides is 1. The Labute approximate surface area is 151 Å². The molecule has 1 aliphatic carbocycles. The maximum absolute atomic E-state index is 12.2. The van der Waals surface area contributed by atoms with Gasteiger partial charge >= 0.3 is 0 Å². The number of aliphatic hydroxyl groups excluding tert-OH is 1. The minimum absolute atomic E-state index is 0.00701. The summed E-state index contributed by atoms with van der Waals surface area (Å²) in [6, 6.07) is 11.6. The van der Waals surface area contributed by atoms with Crippen molar-refractivity contribution in [3.05, 3.63) is 42.6 Å². The second-order valence-corrected chi connectivity index (χ2v) is 6.60. The molecule has 1 aromatic carbocycles. The summed E-state index contributed by atoms with van der Waals surface area (Å²) in [5.74, 6) is 1.60. The number of methoxy groups -OCH3 is 1. The van der Waals surface area contributed by atoms with E-state index in [1.54, 1.807) is 7.11 Å². The lowest BCUT2D eigenvalue weighted by molar-refractivity contribution is -0.117. The molecule has 26 heavy (non-hydrogen) atoms. The fraction of sp³-hybridized carbons (Fsp3) is 0.300. The Kier molecular flexibility index (Phi) is 4.34. The Morgan fingerprint density at radius 3 is 2.96 bits per heavy atom. The molecule has 6 heteroatoms. The zero-order valence-electron chi connectivity index (χ0n) is 14.5. The van der Waals surface area contributed by atoms with Crippen LogP contribution in [0.3, 0.4) is 0 Å². The molecule has 0 bridgehead atoms. The third-order valence-corrected chi connectivity index (χ3v) is 4.95. The predicted octanol–water partition coefficient (Wildman–Crippen LogP) is 3.20. The fourth-order valence-electron chi connectivity index (χ4n) is 3.44. The summed E-state index contributed by atoms with van der Waals surface area (Å²) in [7, 11) is 1.65. The summed E-state index contributed by atoms with van der Waals surface area (Å²) in [6.07, 6.45) is 3.43. The number of ether oxygens (including phenoxy) is 1. The number of carbonyl (C=O) groups excluding carboxylic acids is 1. The van der Waals surface area contributed by atoms with E-state index in [0.29, 0.717) is 23.8 Å². The van der Waals surface area contributed by atoms with Gasteiger partial charge in [-0.3, -0.25) is 4.79 Å². The molecule has 1 saturated carbocycles. The van der Waals surface area contributed by atoms with E-state index in [1.165, 1.54) is 0 Å². The third kappa shape index (κ3) is 3.04. The number of benzene rings is 1. The molecule has 2 aromatic heterocycles. The van der Waals surface area contributed by atoms with Gasteiger partial charge in [-0.2, -0.15) is 0 Å². The van der Waals surface area contributed by atoms with Gasteiger partial charge in [-0.15, -0.1) is 0 Å². The average Bonchev–Trinajstić information content (AvgIpc) is 3.31. The van der Waals surface area contributed by atoms with Gasteiger partial charge in [0.2, 0.25) is 5.91 Å². The van der Waals surface area contributed by atoms with Crippen LogP contribution in [-0.2, 0) is 4.79 Å². The van der Waals surface area contributed by atoms with Crippen LogP contribution in [0.1, 0.15) is 12.8 Å². The zero-order valence-corrected chi connectivity index (χ0v) is 14.5. The van der Waals surface area contributed by atoms with Gasteiger partial charge < -0.3 is 20.1 Å². The highest BCUT2D eigenvalue weighted by Crippen LogP contribution is 2.41. The monoisotopic (exact) mass is 351 g/mol. The van der Waals surface area contributed by atoms with Crippen molar-refractivity contribution in [2.75, 3.05) is 19.0 Å². The molecule has 134 valence electrons. The Balaban J connectivity index is 1.57. The number of carbonyl (C=O) groups is 1. The second-order valence-electron chi connectivity index (χ2n) is 6.60. The van der Waals surface area contributed by atoms with Gasteiger partial charge in [0.05, 0.1) is 7.11 Å². The van der Waals surface area contributed by atoms with Crippen molar-refractivity contribution >= 4 is 22.8 Å². The van der Waals surface area contributed by atoms with E-state index in [9.17, 15) is 4.79 Å². The fourth-order valence-corrected chi connectivity index (χ4v) is 3.44. The van der Waals surface area contributed by atoms with Crippen LogP contribution in [0.15, 0.2) is 42.6 Å². The van der Waals surface area contributed by atoms with Gasteiger partial charge in [-0.05, 0) is 37.0 Å². The standard InChI is InChI=1S/C20H21N3O3/c1-26-17-5-3-2-4-13(17)16-11-21-19-14(16)6-7-18(22-19)23-20(25)15-10-12(15)8-9-24/h2-7,11-12,15,24H,8-10H2,1H3,(H2,21,22,23,25)/t12-,15+/m0/s1. The molecule has 0 unspecified atom stereocenters. The number of nitrogens with zero attached hydrogens (tertiary/aromatic N) is 1. The van der Waals surface area contributed by atoms with Gasteiger partial charge in [0.25, 0.3) is 0 Å². The molecule has 0 saturated heterocycles. The summed E-state index contributed by atoms with van der Waals surface area (Å²) >= 11 is 0. The molecule has 0 aliphatic heterocycles. The van der Waals surface area contributed by atoms with Crippen LogP contribution in [0.4, 0.5) is 5.82 Å². The smallest absolute Gasteiger partial charge is 0.228 e. The number of aromatic amines is 1. The summed E-state index contributed by atoms with van der Waals surface area (Å²) in [4.78, 5) is 19.9. The van der Waals surface area contributed by atoms with Gasteiger partial charge in [-0.1, -0.05) is 18.2 Å². The number of hydrogen-bond acceptors (Lipinski definition) is 4. The van der Waals surface area contributed by atoms with Crippen LogP contribution < -0.4 is 10.1 Å². The Hall–Kier alpha value is -2.86.